The van der Waals surface area contributed by atoms with Crippen LogP contribution in [0.3, 0.4) is 0 Å². The second kappa shape index (κ2) is 10.9. The van der Waals surface area contributed by atoms with Crippen LogP contribution in [0.25, 0.3) is 0 Å². The van der Waals surface area contributed by atoms with E-state index < -0.39 is 6.10 Å². The Morgan fingerprint density at radius 1 is 1.32 bits per heavy atom. The third-order valence-corrected chi connectivity index (χ3v) is 6.81. The number of amides is 1. The number of anilines is 1. The van der Waals surface area contributed by atoms with Crippen molar-refractivity contribution in [2.24, 2.45) is 5.92 Å². The zero-order valence-corrected chi connectivity index (χ0v) is 18.7. The number of β-amino-alcohol motifs (C(OH)–C–C–N with tert-alkyl or cyclic N) is 1. The third-order valence-electron chi connectivity index (χ3n) is 5.88. The molecule has 3 heterocycles. The number of rotatable bonds is 7. The van der Waals surface area contributed by atoms with Gasteiger partial charge in [0.2, 0.25) is 0 Å². The van der Waals surface area contributed by atoms with Gasteiger partial charge in [0.1, 0.15) is 0 Å². The molecule has 0 spiro atoms. The number of benzene rings is 1. The zero-order chi connectivity index (χ0) is 21.6. The fourth-order valence-electron chi connectivity index (χ4n) is 4.10. The number of hydrogen-bond acceptors (Lipinski definition) is 6. The molecule has 1 fully saturated rings. The summed E-state index contributed by atoms with van der Waals surface area (Å²) in [4.78, 5) is 14.9. The van der Waals surface area contributed by atoms with Gasteiger partial charge >= 0.3 is 190 Å². The predicted molar refractivity (Wildman–Crippen MR) is 129 cm³/mol. The van der Waals surface area contributed by atoms with Crippen LogP contribution in [0.15, 0.2) is 30.3 Å². The predicted octanol–water partition coefficient (Wildman–Crippen LogP) is 0.945. The van der Waals surface area contributed by atoms with Crippen molar-refractivity contribution in [3.05, 3.63) is 46.9 Å². The van der Waals surface area contributed by atoms with Crippen molar-refractivity contribution < 1.29 is 14.6 Å². The molecule has 10 heteroatoms. The molecule has 2 aromatic rings. The second-order valence-corrected chi connectivity index (χ2v) is 9.45. The molecule has 3 atom stereocenters. The van der Waals surface area contributed by atoms with Gasteiger partial charge in [-0.15, -0.1) is 0 Å². The van der Waals surface area contributed by atoms with Gasteiger partial charge in [0.15, 0.2) is 0 Å². The Labute approximate surface area is 190 Å². The van der Waals surface area contributed by atoms with Gasteiger partial charge in [-0.05, 0) is 0 Å². The summed E-state index contributed by atoms with van der Waals surface area (Å²) < 4.78 is 5.59. The van der Waals surface area contributed by atoms with E-state index in [-0.39, 0.29) is 12.5 Å². The first-order valence-electron chi connectivity index (χ1n) is 10.9. The molecule has 31 heavy (non-hydrogen) atoms. The number of carbonyl (C=O) groups is 1. The van der Waals surface area contributed by atoms with Crippen LogP contribution in [-0.4, -0.2) is 79.7 Å². The Kier molecular flexibility index (Phi) is 7.99. The van der Waals surface area contributed by atoms with Crippen LogP contribution < -0.4 is 10.6 Å². The zero-order valence-electron chi connectivity index (χ0n) is 17.9. The van der Waals surface area contributed by atoms with Gasteiger partial charge in [0.05, 0.1) is 0 Å². The first-order valence-corrected chi connectivity index (χ1v) is 12.0. The van der Waals surface area contributed by atoms with Gasteiger partial charge in [-0.2, -0.15) is 0 Å². The van der Waals surface area contributed by atoms with Crippen molar-refractivity contribution in [3.8, 4) is 0 Å². The Morgan fingerprint density at radius 2 is 2.10 bits per heavy atom. The van der Waals surface area contributed by atoms with E-state index in [9.17, 15) is 9.90 Å². The monoisotopic (exact) mass is 435 g/mol. The topological polar surface area (TPSA) is 73.8 Å². The summed E-state index contributed by atoms with van der Waals surface area (Å²) in [6, 6.07) is 10.5. The number of aliphatic hydroxyl groups is 1. The first kappa shape index (κ1) is 22.7. The fraction of sp³-hybridized carbons (Fsp3) is 0.524. The molecule has 2 unspecified atom stereocenters. The van der Waals surface area contributed by atoms with Gasteiger partial charge < -0.3 is 0 Å². The molecule has 160 valence electrons. The van der Waals surface area contributed by atoms with Crippen molar-refractivity contribution in [2.75, 3.05) is 36.7 Å². The van der Waals surface area contributed by atoms with Crippen molar-refractivity contribution in [1.29, 1.82) is 0 Å². The molecule has 4 rings (SSSR count). The summed E-state index contributed by atoms with van der Waals surface area (Å²) in [7, 11) is 0. The Hall–Kier alpha value is -1.48. The minimum absolute atomic E-state index is 0.168. The maximum absolute atomic E-state index is 12.6. The number of aliphatic hydroxyl groups excluding tert-OH is 1. The van der Waals surface area contributed by atoms with Crippen LogP contribution >= 0.6 is 11.8 Å². The summed E-state index contributed by atoms with van der Waals surface area (Å²) in [5.74, 6) is 1.94. The van der Waals surface area contributed by atoms with Crippen LogP contribution in [-0.2, 0) is 17.8 Å². The standard InChI is InChI=1S/C21H28B3N3O3S/c1-14-11-30-13-31-12-19(14)26-20-6-18(22-24-23-20)21(29)25-7-17(28)10-27-8-15-4-2-3-5-16(15)9-27/h2-6,14,17,19,26,28H,7-13H2,1H3,(H,25,29)/t14?,17-,19?/m0/s1. The van der Waals surface area contributed by atoms with Gasteiger partial charge in [0, 0.05) is 0 Å². The van der Waals surface area contributed by atoms with Crippen molar-refractivity contribution in [2.45, 2.75) is 32.2 Å². The molecular formula is C21H28B3N3O3S. The molecule has 0 aliphatic carbocycles. The maximum atomic E-state index is 12.6. The van der Waals surface area contributed by atoms with Gasteiger partial charge in [0.25, 0.3) is 0 Å². The molecular weight excluding hydrogens is 407 g/mol. The summed E-state index contributed by atoms with van der Waals surface area (Å²) in [5, 5.41) is 16.9. The number of nitrogens with zero attached hydrogens (tertiary/aromatic N) is 1. The normalized spacial score (nSPS) is 22.0. The van der Waals surface area contributed by atoms with Crippen LogP contribution in [0.1, 0.15) is 28.3 Å². The van der Waals surface area contributed by atoms with Crippen LogP contribution in [0.5, 0.6) is 0 Å². The van der Waals surface area contributed by atoms with Crippen molar-refractivity contribution in [3.63, 3.8) is 0 Å². The molecule has 6 nitrogen and oxygen atoms in total. The fourth-order valence-corrected chi connectivity index (χ4v) is 5.08. The average molecular weight is 435 g/mol. The number of ether oxygens (including phenoxy) is 1. The first-order chi connectivity index (χ1) is 15.1. The third kappa shape index (κ3) is 6.28. The molecule has 2 aliphatic rings. The number of hydrogen-bond donors (Lipinski definition) is 3. The summed E-state index contributed by atoms with van der Waals surface area (Å²) >= 11 is 1.78. The Balaban J connectivity index is 1.26. The minimum atomic E-state index is -0.608. The van der Waals surface area contributed by atoms with E-state index in [4.69, 9.17) is 4.74 Å². The molecule has 1 aromatic carbocycles. The van der Waals surface area contributed by atoms with Crippen molar-refractivity contribution in [1.82, 2.24) is 10.2 Å². The van der Waals surface area contributed by atoms with E-state index in [0.717, 1.165) is 37.0 Å². The second-order valence-electron chi connectivity index (χ2n) is 8.47. The van der Waals surface area contributed by atoms with Gasteiger partial charge in [-0.25, -0.2) is 0 Å². The Bertz CT molecular complexity index is 882. The van der Waals surface area contributed by atoms with E-state index in [1.165, 1.54) is 11.1 Å². The molecule has 0 bridgehead atoms. The molecule has 0 saturated carbocycles. The van der Waals surface area contributed by atoms with Gasteiger partial charge in [-0.1, -0.05) is 0 Å². The Morgan fingerprint density at radius 3 is 2.87 bits per heavy atom. The molecule has 1 saturated heterocycles. The van der Waals surface area contributed by atoms with E-state index in [2.05, 4.69) is 34.6 Å². The summed E-state index contributed by atoms with van der Waals surface area (Å²) in [6.45, 7) is 11.1. The van der Waals surface area contributed by atoms with E-state index in [1.807, 2.05) is 31.7 Å². The van der Waals surface area contributed by atoms with E-state index >= 15 is 0 Å². The summed E-state index contributed by atoms with van der Waals surface area (Å²) in [6.07, 6.45) is -0.608. The quantitative estimate of drug-likeness (QED) is 0.602. The molecule has 0 radical (unpaired) electrons. The average Bonchev–Trinajstić information content (AvgIpc) is 3.07. The van der Waals surface area contributed by atoms with E-state index in [0.29, 0.717) is 24.0 Å². The number of nitrogens with one attached hydrogen (secondary N) is 2. The number of carbonyl (C=O) groups excluding carboxylic acids is 1. The van der Waals surface area contributed by atoms with E-state index in [1.54, 1.807) is 18.6 Å². The number of thioether (sulfide) groups is 1. The molecule has 2 aliphatic heterocycles. The molecule has 3 N–H and O–H groups in total. The SMILES string of the molecule is CC1COCSCC1Nc1bbbc(C(=O)NC[C@H](O)CN2Cc3ccccc3C2)c1. The van der Waals surface area contributed by atoms with Gasteiger partial charge in [-0.3, -0.25) is 0 Å². The summed E-state index contributed by atoms with van der Waals surface area (Å²) in [5.41, 5.74) is 4.16. The van der Waals surface area contributed by atoms with Crippen LogP contribution in [0.2, 0.25) is 0 Å². The molecule has 1 amide bonds. The molecule has 1 aromatic heterocycles. The van der Waals surface area contributed by atoms with Crippen molar-refractivity contribution >= 4 is 43.5 Å². The number of fused-ring (bicyclic) bond motifs is 1. The van der Waals surface area contributed by atoms with Crippen LogP contribution in [0, 0.1) is 5.92 Å². The van der Waals surface area contributed by atoms with Crippen LogP contribution in [0.4, 0.5) is 5.58 Å².